The summed E-state index contributed by atoms with van der Waals surface area (Å²) in [4.78, 5) is 2.32. The molecule has 112 valence electrons. The summed E-state index contributed by atoms with van der Waals surface area (Å²) in [6, 6.07) is 8.36. The largest absolute Gasteiger partial charge is 0.386 e. The van der Waals surface area contributed by atoms with Gasteiger partial charge in [-0.05, 0) is 30.9 Å². The number of nitrogens with zero attached hydrogens (tertiary/aromatic N) is 1. The molecule has 2 rings (SSSR count). The Hall–Kier alpha value is -0.900. The molecule has 3 heteroatoms. The van der Waals surface area contributed by atoms with Crippen LogP contribution in [-0.2, 0) is 4.74 Å². The number of hydrogen-bond donors (Lipinski definition) is 1. The highest BCUT2D eigenvalue weighted by Gasteiger charge is 2.36. The van der Waals surface area contributed by atoms with E-state index in [1.807, 2.05) is 0 Å². The quantitative estimate of drug-likeness (QED) is 0.918. The Morgan fingerprint density at radius 2 is 1.55 bits per heavy atom. The molecule has 1 aromatic carbocycles. The second-order valence-electron chi connectivity index (χ2n) is 6.48. The van der Waals surface area contributed by atoms with E-state index in [0.717, 1.165) is 31.9 Å². The van der Waals surface area contributed by atoms with E-state index in [0.29, 0.717) is 5.92 Å². The van der Waals surface area contributed by atoms with Gasteiger partial charge in [0.05, 0.1) is 19.3 Å². The lowest BCUT2D eigenvalue weighted by Crippen LogP contribution is -2.53. The number of morpholine rings is 1. The Morgan fingerprint density at radius 3 is 2.05 bits per heavy atom. The molecular weight excluding hydrogens is 250 g/mol. The van der Waals surface area contributed by atoms with Crippen LogP contribution in [0.2, 0.25) is 0 Å². The average Bonchev–Trinajstić information content (AvgIpc) is 2.47. The maximum atomic E-state index is 10.7. The first-order valence-electron chi connectivity index (χ1n) is 7.53. The number of rotatable bonds is 4. The summed E-state index contributed by atoms with van der Waals surface area (Å²) in [6.45, 7) is 11.9. The Balaban J connectivity index is 2.13. The Morgan fingerprint density at radius 1 is 1.05 bits per heavy atom. The van der Waals surface area contributed by atoms with Crippen molar-refractivity contribution >= 4 is 0 Å². The molecule has 0 aliphatic carbocycles. The number of hydrogen-bond acceptors (Lipinski definition) is 3. The molecule has 0 bridgehead atoms. The molecule has 1 fully saturated rings. The van der Waals surface area contributed by atoms with E-state index in [9.17, 15) is 5.11 Å². The topological polar surface area (TPSA) is 32.7 Å². The first-order chi connectivity index (χ1) is 9.43. The molecule has 1 heterocycles. The Kier molecular flexibility index (Phi) is 4.84. The van der Waals surface area contributed by atoms with Crippen LogP contribution in [0.25, 0.3) is 0 Å². The van der Waals surface area contributed by atoms with Crippen molar-refractivity contribution in [2.24, 2.45) is 0 Å². The van der Waals surface area contributed by atoms with Crippen molar-refractivity contribution in [3.05, 3.63) is 35.4 Å². The van der Waals surface area contributed by atoms with Crippen LogP contribution >= 0.6 is 0 Å². The minimum atomic E-state index is -0.484. The minimum Gasteiger partial charge on any atom is -0.386 e. The molecule has 0 aromatic heterocycles. The van der Waals surface area contributed by atoms with Gasteiger partial charge in [0.25, 0.3) is 0 Å². The Labute approximate surface area is 122 Å². The van der Waals surface area contributed by atoms with Gasteiger partial charge in [-0.3, -0.25) is 4.90 Å². The number of aliphatic hydroxyl groups excluding tert-OH is 1. The van der Waals surface area contributed by atoms with Crippen LogP contribution in [0.5, 0.6) is 0 Å². The van der Waals surface area contributed by atoms with Crippen LogP contribution in [-0.4, -0.2) is 41.8 Å². The summed E-state index contributed by atoms with van der Waals surface area (Å²) >= 11 is 0. The van der Waals surface area contributed by atoms with Gasteiger partial charge in [-0.2, -0.15) is 0 Å². The van der Waals surface area contributed by atoms with E-state index in [1.165, 1.54) is 5.56 Å². The third kappa shape index (κ3) is 3.22. The lowest BCUT2D eigenvalue weighted by Gasteiger charge is -2.43. The number of aliphatic hydroxyl groups is 1. The maximum absolute atomic E-state index is 10.7. The fourth-order valence-corrected chi connectivity index (χ4v) is 2.78. The third-order valence-corrected chi connectivity index (χ3v) is 4.41. The van der Waals surface area contributed by atoms with Gasteiger partial charge in [0, 0.05) is 18.6 Å². The molecule has 3 nitrogen and oxygen atoms in total. The molecule has 0 spiro atoms. The van der Waals surface area contributed by atoms with E-state index >= 15 is 0 Å². The van der Waals surface area contributed by atoms with Gasteiger partial charge < -0.3 is 9.84 Å². The van der Waals surface area contributed by atoms with Crippen LogP contribution in [0.15, 0.2) is 24.3 Å². The smallest absolute Gasteiger partial charge is 0.0968 e. The number of benzene rings is 1. The van der Waals surface area contributed by atoms with Crippen molar-refractivity contribution in [1.82, 2.24) is 4.90 Å². The zero-order valence-electron chi connectivity index (χ0n) is 13.1. The standard InChI is InChI=1S/C17H27NO2/c1-13(2)14-5-7-15(8-6-14)16(19)17(3,4)18-9-11-20-12-10-18/h5-8,13,16,19H,9-12H2,1-4H3. The van der Waals surface area contributed by atoms with E-state index in [-0.39, 0.29) is 5.54 Å². The molecule has 1 aliphatic heterocycles. The lowest BCUT2D eigenvalue weighted by atomic mass is 9.88. The van der Waals surface area contributed by atoms with Crippen LogP contribution in [0.3, 0.4) is 0 Å². The van der Waals surface area contributed by atoms with Crippen molar-refractivity contribution < 1.29 is 9.84 Å². The fourth-order valence-electron chi connectivity index (χ4n) is 2.78. The summed E-state index contributed by atoms with van der Waals surface area (Å²) in [5, 5.41) is 10.7. The van der Waals surface area contributed by atoms with Crippen LogP contribution in [0, 0.1) is 0 Å². The highest BCUT2D eigenvalue weighted by Crippen LogP contribution is 2.32. The van der Waals surface area contributed by atoms with Crippen LogP contribution in [0.1, 0.15) is 50.8 Å². The molecule has 1 atom stereocenters. The molecule has 0 radical (unpaired) electrons. The molecule has 1 unspecified atom stereocenters. The van der Waals surface area contributed by atoms with Gasteiger partial charge in [0.2, 0.25) is 0 Å². The van der Waals surface area contributed by atoms with E-state index in [4.69, 9.17) is 4.74 Å². The van der Waals surface area contributed by atoms with Crippen molar-refractivity contribution in [1.29, 1.82) is 0 Å². The maximum Gasteiger partial charge on any atom is 0.0968 e. The summed E-state index contributed by atoms with van der Waals surface area (Å²) in [5.41, 5.74) is 2.03. The van der Waals surface area contributed by atoms with Crippen molar-refractivity contribution in [3.8, 4) is 0 Å². The van der Waals surface area contributed by atoms with Crippen LogP contribution < -0.4 is 0 Å². The zero-order chi connectivity index (χ0) is 14.8. The molecule has 1 aromatic rings. The van der Waals surface area contributed by atoms with Gasteiger partial charge in [0.15, 0.2) is 0 Å². The minimum absolute atomic E-state index is 0.275. The van der Waals surface area contributed by atoms with Crippen molar-refractivity contribution in [3.63, 3.8) is 0 Å². The SMILES string of the molecule is CC(C)c1ccc(C(O)C(C)(C)N2CCOCC2)cc1. The van der Waals surface area contributed by atoms with Crippen molar-refractivity contribution in [2.45, 2.75) is 45.3 Å². The molecule has 1 N–H and O–H groups in total. The Bertz CT molecular complexity index is 419. The molecule has 20 heavy (non-hydrogen) atoms. The predicted molar refractivity (Wildman–Crippen MR) is 82.0 cm³/mol. The molecule has 0 saturated carbocycles. The average molecular weight is 277 g/mol. The summed E-state index contributed by atoms with van der Waals surface area (Å²) in [7, 11) is 0. The lowest BCUT2D eigenvalue weighted by molar-refractivity contribution is -0.0630. The van der Waals surface area contributed by atoms with Crippen molar-refractivity contribution in [2.75, 3.05) is 26.3 Å². The number of ether oxygens (including phenoxy) is 1. The molecule has 0 amide bonds. The molecule has 1 aliphatic rings. The fraction of sp³-hybridized carbons (Fsp3) is 0.647. The van der Waals surface area contributed by atoms with Crippen LogP contribution in [0.4, 0.5) is 0 Å². The summed E-state index contributed by atoms with van der Waals surface area (Å²) < 4.78 is 5.40. The normalized spacial score (nSPS) is 19.3. The summed E-state index contributed by atoms with van der Waals surface area (Å²) in [6.07, 6.45) is -0.484. The second-order valence-corrected chi connectivity index (χ2v) is 6.48. The van der Waals surface area contributed by atoms with Gasteiger partial charge in [-0.25, -0.2) is 0 Å². The first kappa shape index (κ1) is 15.5. The van der Waals surface area contributed by atoms with Gasteiger partial charge in [-0.1, -0.05) is 38.1 Å². The van der Waals surface area contributed by atoms with E-state index in [2.05, 4.69) is 56.9 Å². The van der Waals surface area contributed by atoms with Gasteiger partial charge in [-0.15, -0.1) is 0 Å². The summed E-state index contributed by atoms with van der Waals surface area (Å²) in [5.74, 6) is 0.522. The second kappa shape index (κ2) is 6.25. The predicted octanol–water partition coefficient (Wildman–Crippen LogP) is 2.95. The van der Waals surface area contributed by atoms with E-state index in [1.54, 1.807) is 0 Å². The van der Waals surface area contributed by atoms with E-state index < -0.39 is 6.10 Å². The molecular formula is C17H27NO2. The van der Waals surface area contributed by atoms with Gasteiger partial charge in [0.1, 0.15) is 0 Å². The first-order valence-corrected chi connectivity index (χ1v) is 7.53. The highest BCUT2D eigenvalue weighted by atomic mass is 16.5. The molecule has 1 saturated heterocycles. The van der Waals surface area contributed by atoms with Gasteiger partial charge >= 0.3 is 0 Å². The monoisotopic (exact) mass is 277 g/mol. The highest BCUT2D eigenvalue weighted by molar-refractivity contribution is 5.27. The third-order valence-electron chi connectivity index (χ3n) is 4.41. The zero-order valence-corrected chi connectivity index (χ0v) is 13.1.